The third-order valence-corrected chi connectivity index (χ3v) is 5.25. The molecular weight excluding hydrogens is 443 g/mol. The van der Waals surface area contributed by atoms with Crippen LogP contribution in [-0.4, -0.2) is 47.4 Å². The molecule has 0 aliphatic carbocycles. The highest BCUT2D eigenvalue weighted by Gasteiger charge is 2.29. The topological polar surface area (TPSA) is 74.3 Å². The molecule has 0 aromatic carbocycles. The van der Waals surface area contributed by atoms with E-state index in [1.165, 1.54) is 0 Å². The molecule has 2 saturated heterocycles. The molecule has 1 atom stereocenters. The number of halogens is 3. The maximum atomic E-state index is 12.3. The smallest absolute Gasteiger partial charge is 0.228 e. The minimum Gasteiger partial charge on any atom is -0.343 e. The van der Waals surface area contributed by atoms with Crippen LogP contribution in [0.1, 0.15) is 32.1 Å². The monoisotopic (exact) mass is 466 g/mol. The number of likely N-dealkylation sites (tertiary alicyclic amines) is 1. The number of carbonyl (C=O) groups excluding carboxylic acids is 2. The number of hydrogen-bond acceptors (Lipinski definition) is 4. The summed E-state index contributed by atoms with van der Waals surface area (Å²) in [5, 5.41) is 6.22. The fraction of sp³-hybridized carbons (Fsp3) is 0.588. The molecule has 2 aliphatic rings. The lowest BCUT2D eigenvalue weighted by atomic mass is 9.95. The first-order chi connectivity index (χ1) is 11.6. The van der Waals surface area contributed by atoms with Crippen molar-refractivity contribution in [2.24, 2.45) is 5.92 Å². The van der Waals surface area contributed by atoms with Crippen molar-refractivity contribution in [3.63, 3.8) is 0 Å². The van der Waals surface area contributed by atoms with Gasteiger partial charge in [0.25, 0.3) is 0 Å². The number of rotatable bonds is 4. The summed E-state index contributed by atoms with van der Waals surface area (Å²) < 4.78 is 0.879. The van der Waals surface area contributed by atoms with Crippen LogP contribution in [0.3, 0.4) is 0 Å². The number of aromatic nitrogens is 1. The predicted molar refractivity (Wildman–Crippen MR) is 110 cm³/mol. The maximum absolute atomic E-state index is 12.3. The van der Waals surface area contributed by atoms with Crippen molar-refractivity contribution >= 4 is 58.4 Å². The second kappa shape index (κ2) is 11.1. The number of nitrogens with one attached hydrogen (secondary N) is 2. The number of pyridine rings is 1. The van der Waals surface area contributed by atoms with Crippen LogP contribution in [0.4, 0.5) is 5.82 Å². The zero-order valence-corrected chi connectivity index (χ0v) is 17.7. The summed E-state index contributed by atoms with van der Waals surface area (Å²) in [5.74, 6) is 0.718. The van der Waals surface area contributed by atoms with E-state index in [0.717, 1.165) is 23.9 Å². The number of anilines is 1. The zero-order valence-electron chi connectivity index (χ0n) is 14.4. The first-order valence-electron chi connectivity index (χ1n) is 8.55. The average Bonchev–Trinajstić information content (AvgIpc) is 3.10. The van der Waals surface area contributed by atoms with Crippen LogP contribution in [0.15, 0.2) is 22.8 Å². The Morgan fingerprint density at radius 2 is 1.96 bits per heavy atom. The maximum Gasteiger partial charge on any atom is 0.228 e. The fourth-order valence-corrected chi connectivity index (χ4v) is 3.57. The molecule has 146 valence electrons. The van der Waals surface area contributed by atoms with Gasteiger partial charge in [0.2, 0.25) is 11.8 Å². The van der Waals surface area contributed by atoms with Crippen molar-refractivity contribution in [2.45, 2.75) is 38.1 Å². The van der Waals surface area contributed by atoms with Gasteiger partial charge in [-0.1, -0.05) is 0 Å². The number of carbonyl (C=O) groups is 2. The lowest BCUT2D eigenvalue weighted by molar-refractivity contribution is -0.134. The second-order valence-electron chi connectivity index (χ2n) is 6.50. The number of amides is 2. The molecule has 2 N–H and O–H groups in total. The summed E-state index contributed by atoms with van der Waals surface area (Å²) in [7, 11) is 0. The van der Waals surface area contributed by atoms with Gasteiger partial charge in [0.15, 0.2) is 0 Å². The third kappa shape index (κ3) is 6.37. The Morgan fingerprint density at radius 3 is 2.54 bits per heavy atom. The molecule has 2 aliphatic heterocycles. The molecule has 1 aromatic heterocycles. The molecule has 0 bridgehead atoms. The van der Waals surface area contributed by atoms with Gasteiger partial charge in [0.1, 0.15) is 5.82 Å². The van der Waals surface area contributed by atoms with Crippen LogP contribution in [0.25, 0.3) is 0 Å². The molecule has 26 heavy (non-hydrogen) atoms. The molecule has 0 radical (unpaired) electrons. The summed E-state index contributed by atoms with van der Waals surface area (Å²) in [6.45, 7) is 2.35. The van der Waals surface area contributed by atoms with Gasteiger partial charge in [-0.3, -0.25) is 9.59 Å². The summed E-state index contributed by atoms with van der Waals surface area (Å²) >= 11 is 3.32. The van der Waals surface area contributed by atoms with Crippen LogP contribution in [0.2, 0.25) is 0 Å². The lowest BCUT2D eigenvalue weighted by Gasteiger charge is -2.32. The van der Waals surface area contributed by atoms with E-state index in [9.17, 15) is 9.59 Å². The highest BCUT2D eigenvalue weighted by atomic mass is 79.9. The van der Waals surface area contributed by atoms with Crippen LogP contribution in [-0.2, 0) is 9.59 Å². The second-order valence-corrected chi connectivity index (χ2v) is 7.42. The standard InChI is InChI=1S/C17H23BrN4O2.2ClH/c18-13-3-4-15(20-11-13)21-17(24)12-5-8-22(9-6-12)16(23)10-14-2-1-7-19-14;;/h3-4,11-12,14,19H,1-2,5-10H2,(H,20,21,24);2*1H. The van der Waals surface area contributed by atoms with E-state index in [-0.39, 0.29) is 42.5 Å². The van der Waals surface area contributed by atoms with E-state index in [1.54, 1.807) is 12.3 Å². The summed E-state index contributed by atoms with van der Waals surface area (Å²) in [6.07, 6.45) is 5.92. The Balaban J connectivity index is 0.00000169. The van der Waals surface area contributed by atoms with Crippen molar-refractivity contribution in [1.82, 2.24) is 15.2 Å². The molecule has 0 spiro atoms. The van der Waals surface area contributed by atoms with E-state index < -0.39 is 0 Å². The van der Waals surface area contributed by atoms with Gasteiger partial charge < -0.3 is 15.5 Å². The van der Waals surface area contributed by atoms with Crippen molar-refractivity contribution in [2.75, 3.05) is 25.0 Å². The van der Waals surface area contributed by atoms with E-state index in [1.807, 2.05) is 11.0 Å². The third-order valence-electron chi connectivity index (χ3n) is 4.78. The molecule has 0 saturated carbocycles. The molecule has 3 heterocycles. The molecule has 2 amide bonds. The minimum atomic E-state index is -0.0518. The van der Waals surface area contributed by atoms with Crippen molar-refractivity contribution < 1.29 is 9.59 Å². The van der Waals surface area contributed by atoms with Gasteiger partial charge >= 0.3 is 0 Å². The first kappa shape index (κ1) is 23.1. The quantitative estimate of drug-likeness (QED) is 0.713. The number of hydrogen-bond donors (Lipinski definition) is 2. The highest BCUT2D eigenvalue weighted by Crippen LogP contribution is 2.21. The van der Waals surface area contributed by atoms with Gasteiger partial charge in [-0.2, -0.15) is 0 Å². The summed E-state index contributed by atoms with van der Waals surface area (Å²) in [6, 6.07) is 3.96. The molecule has 3 rings (SSSR count). The lowest BCUT2D eigenvalue weighted by Crippen LogP contribution is -2.43. The van der Waals surface area contributed by atoms with Gasteiger partial charge in [-0.15, -0.1) is 24.8 Å². The SMILES string of the molecule is Cl.Cl.O=C(Nc1ccc(Br)cn1)C1CCN(C(=O)CC2CCCN2)CC1. The first-order valence-corrected chi connectivity index (χ1v) is 9.34. The van der Waals surface area contributed by atoms with Crippen LogP contribution < -0.4 is 10.6 Å². The molecule has 1 aromatic rings. The fourth-order valence-electron chi connectivity index (χ4n) is 3.34. The van der Waals surface area contributed by atoms with Crippen molar-refractivity contribution in [3.05, 3.63) is 22.8 Å². The molecular formula is C17H25BrCl2N4O2. The normalized spacial score (nSPS) is 20.0. The predicted octanol–water partition coefficient (Wildman–Crippen LogP) is 3.01. The van der Waals surface area contributed by atoms with E-state index in [4.69, 9.17) is 0 Å². The Kier molecular flexibility index (Phi) is 9.85. The van der Waals surface area contributed by atoms with Crippen LogP contribution in [0.5, 0.6) is 0 Å². The van der Waals surface area contributed by atoms with Gasteiger partial charge in [-0.05, 0) is 60.3 Å². The molecule has 1 unspecified atom stereocenters. The summed E-state index contributed by atoms with van der Waals surface area (Å²) in [4.78, 5) is 30.7. The zero-order chi connectivity index (χ0) is 16.9. The van der Waals surface area contributed by atoms with E-state index in [0.29, 0.717) is 44.2 Å². The van der Waals surface area contributed by atoms with Gasteiger partial charge in [0.05, 0.1) is 0 Å². The highest BCUT2D eigenvalue weighted by molar-refractivity contribution is 9.10. The largest absolute Gasteiger partial charge is 0.343 e. The Hall–Kier alpha value is -0.890. The Labute approximate surface area is 174 Å². The minimum absolute atomic E-state index is 0. The average molecular weight is 468 g/mol. The van der Waals surface area contributed by atoms with Crippen molar-refractivity contribution in [3.8, 4) is 0 Å². The summed E-state index contributed by atoms with van der Waals surface area (Å²) in [5.41, 5.74) is 0. The van der Waals surface area contributed by atoms with Crippen LogP contribution in [0, 0.1) is 5.92 Å². The van der Waals surface area contributed by atoms with Crippen LogP contribution >= 0.6 is 40.7 Å². The van der Waals surface area contributed by atoms with Gasteiger partial charge in [0, 0.05) is 42.1 Å². The molecule has 6 nitrogen and oxygen atoms in total. The van der Waals surface area contributed by atoms with E-state index >= 15 is 0 Å². The Morgan fingerprint density at radius 1 is 1.23 bits per heavy atom. The molecule has 2 fully saturated rings. The van der Waals surface area contributed by atoms with Gasteiger partial charge in [-0.25, -0.2) is 4.98 Å². The molecule has 9 heteroatoms. The number of piperidine rings is 1. The van der Waals surface area contributed by atoms with E-state index in [2.05, 4.69) is 31.5 Å². The Bertz CT molecular complexity index is 589. The van der Waals surface area contributed by atoms with Crippen molar-refractivity contribution in [1.29, 1.82) is 0 Å². The number of nitrogens with zero attached hydrogens (tertiary/aromatic N) is 2.